The second-order valence-electron chi connectivity index (χ2n) is 6.73. The fourth-order valence-electron chi connectivity index (χ4n) is 3.12. The Labute approximate surface area is 182 Å². The van der Waals surface area contributed by atoms with Crippen LogP contribution in [-0.2, 0) is 6.61 Å². The summed E-state index contributed by atoms with van der Waals surface area (Å²) < 4.78 is 7.51. The molecule has 0 aliphatic carbocycles. The van der Waals surface area contributed by atoms with Crippen LogP contribution in [0, 0.1) is 0 Å². The first-order valence-electron chi connectivity index (χ1n) is 9.59. The molecule has 0 fully saturated rings. The van der Waals surface area contributed by atoms with Crippen molar-refractivity contribution in [1.82, 2.24) is 19.6 Å². The van der Waals surface area contributed by atoms with Crippen LogP contribution in [0.4, 0.5) is 5.13 Å². The highest BCUT2D eigenvalue weighted by Crippen LogP contribution is 2.26. The van der Waals surface area contributed by atoms with E-state index in [0.717, 1.165) is 22.4 Å². The van der Waals surface area contributed by atoms with Gasteiger partial charge in [0, 0.05) is 23.3 Å². The molecule has 31 heavy (non-hydrogen) atoms. The molecule has 0 aliphatic rings. The Hall–Kier alpha value is -4.04. The minimum atomic E-state index is -0.311. The van der Waals surface area contributed by atoms with E-state index in [1.54, 1.807) is 34.6 Å². The van der Waals surface area contributed by atoms with Crippen molar-refractivity contribution in [3.8, 4) is 16.9 Å². The molecule has 7 nitrogen and oxygen atoms in total. The summed E-state index contributed by atoms with van der Waals surface area (Å²) in [4.78, 5) is 21.1. The second-order valence-corrected chi connectivity index (χ2v) is 7.62. The Bertz CT molecular complexity index is 1320. The Balaban J connectivity index is 1.36. The zero-order valence-corrected chi connectivity index (χ0v) is 17.1. The van der Waals surface area contributed by atoms with Gasteiger partial charge in [-0.05, 0) is 29.3 Å². The zero-order valence-electron chi connectivity index (χ0n) is 16.3. The number of benzene rings is 2. The number of carbonyl (C=O) groups excluding carboxylic acids is 1. The fraction of sp³-hybridized carbons (Fsp3) is 0.0435. The Kier molecular flexibility index (Phi) is 5.12. The lowest BCUT2D eigenvalue weighted by molar-refractivity contribution is 0.102. The van der Waals surface area contributed by atoms with Gasteiger partial charge in [-0.2, -0.15) is 5.10 Å². The van der Waals surface area contributed by atoms with Crippen molar-refractivity contribution in [3.05, 3.63) is 95.9 Å². The number of fused-ring (bicyclic) bond motifs is 1. The van der Waals surface area contributed by atoms with Gasteiger partial charge in [-0.25, -0.2) is 14.5 Å². The highest BCUT2D eigenvalue weighted by atomic mass is 32.1. The summed E-state index contributed by atoms with van der Waals surface area (Å²) in [7, 11) is 0. The molecule has 0 saturated carbocycles. The first-order chi connectivity index (χ1) is 15.3. The third kappa shape index (κ3) is 4.15. The molecule has 1 N–H and O–H groups in total. The maximum absolute atomic E-state index is 12.5. The topological polar surface area (TPSA) is 81.4 Å². The molecule has 0 unspecified atom stereocenters. The number of hydrogen-bond acceptors (Lipinski definition) is 6. The van der Waals surface area contributed by atoms with Crippen LogP contribution in [0.2, 0.25) is 0 Å². The smallest absolute Gasteiger partial charge is 0.276 e. The molecule has 5 aromatic rings. The molecule has 0 aliphatic heterocycles. The largest absolute Gasteiger partial charge is 0.489 e. The summed E-state index contributed by atoms with van der Waals surface area (Å²) >= 11 is 1.35. The molecule has 0 bridgehead atoms. The van der Waals surface area contributed by atoms with Gasteiger partial charge in [-0.3, -0.25) is 10.1 Å². The number of thiazole rings is 1. The number of aromatic nitrogens is 4. The molecule has 1 amide bonds. The van der Waals surface area contributed by atoms with Gasteiger partial charge in [0.05, 0.1) is 6.20 Å². The molecule has 0 atom stereocenters. The molecule has 5 rings (SSSR count). The summed E-state index contributed by atoms with van der Waals surface area (Å²) in [6, 6.07) is 19.4. The Morgan fingerprint density at radius 2 is 1.90 bits per heavy atom. The molecule has 0 radical (unpaired) electrons. The van der Waals surface area contributed by atoms with Crippen LogP contribution in [-0.4, -0.2) is 25.5 Å². The average molecular weight is 427 g/mol. The van der Waals surface area contributed by atoms with Crippen molar-refractivity contribution >= 4 is 28.0 Å². The lowest BCUT2D eigenvalue weighted by Crippen LogP contribution is -2.14. The Morgan fingerprint density at radius 1 is 1.06 bits per heavy atom. The predicted molar refractivity (Wildman–Crippen MR) is 119 cm³/mol. The third-order valence-electron chi connectivity index (χ3n) is 4.67. The van der Waals surface area contributed by atoms with Crippen LogP contribution in [0.3, 0.4) is 0 Å². The minimum absolute atomic E-state index is 0.298. The molecule has 152 valence electrons. The fourth-order valence-corrected chi connectivity index (χ4v) is 3.64. The molecule has 0 spiro atoms. The van der Waals surface area contributed by atoms with E-state index in [1.807, 2.05) is 54.6 Å². The van der Waals surface area contributed by atoms with E-state index in [1.165, 1.54) is 11.3 Å². The van der Waals surface area contributed by atoms with Gasteiger partial charge < -0.3 is 4.74 Å². The molecule has 3 aromatic heterocycles. The van der Waals surface area contributed by atoms with Crippen molar-refractivity contribution in [1.29, 1.82) is 0 Å². The van der Waals surface area contributed by atoms with E-state index in [0.29, 0.717) is 23.1 Å². The Morgan fingerprint density at radius 3 is 2.68 bits per heavy atom. The number of anilines is 1. The molecule has 2 aromatic carbocycles. The van der Waals surface area contributed by atoms with Crippen LogP contribution in [0.25, 0.3) is 16.8 Å². The number of carbonyl (C=O) groups is 1. The molecule has 3 heterocycles. The van der Waals surface area contributed by atoms with E-state index in [-0.39, 0.29) is 5.91 Å². The van der Waals surface area contributed by atoms with Crippen LogP contribution < -0.4 is 10.1 Å². The monoisotopic (exact) mass is 427 g/mol. The lowest BCUT2D eigenvalue weighted by atomic mass is 10.1. The zero-order chi connectivity index (χ0) is 21.0. The van der Waals surface area contributed by atoms with E-state index < -0.39 is 0 Å². The SMILES string of the molecule is O=C(Nc1nccs1)c1ccn2ncc(-c3ccc(OCc4ccccc4)cc3)c2n1. The highest BCUT2D eigenvalue weighted by molar-refractivity contribution is 7.13. The first-order valence-corrected chi connectivity index (χ1v) is 10.5. The number of nitrogens with one attached hydrogen (secondary N) is 1. The maximum atomic E-state index is 12.5. The van der Waals surface area contributed by atoms with Crippen molar-refractivity contribution < 1.29 is 9.53 Å². The quantitative estimate of drug-likeness (QED) is 0.425. The molecule has 0 saturated heterocycles. The second kappa shape index (κ2) is 8.37. The van der Waals surface area contributed by atoms with Gasteiger partial charge >= 0.3 is 0 Å². The summed E-state index contributed by atoms with van der Waals surface area (Å²) in [6.45, 7) is 0.510. The van der Waals surface area contributed by atoms with E-state index in [9.17, 15) is 4.79 Å². The third-order valence-corrected chi connectivity index (χ3v) is 5.36. The van der Waals surface area contributed by atoms with Crippen molar-refractivity contribution in [3.63, 3.8) is 0 Å². The van der Waals surface area contributed by atoms with Gasteiger partial charge in [-0.1, -0.05) is 42.5 Å². The number of rotatable bonds is 6. The summed E-state index contributed by atoms with van der Waals surface area (Å²) in [6.07, 6.45) is 5.10. The van der Waals surface area contributed by atoms with Crippen LogP contribution in [0.15, 0.2) is 84.6 Å². The summed E-state index contributed by atoms with van der Waals surface area (Å²) in [5, 5.41) is 9.43. The number of nitrogens with zero attached hydrogens (tertiary/aromatic N) is 4. The van der Waals surface area contributed by atoms with Crippen molar-refractivity contribution in [2.45, 2.75) is 6.61 Å². The maximum Gasteiger partial charge on any atom is 0.276 e. The number of amides is 1. The average Bonchev–Trinajstić information content (AvgIpc) is 3.48. The van der Waals surface area contributed by atoms with E-state index in [4.69, 9.17) is 4.74 Å². The number of hydrogen-bond donors (Lipinski definition) is 1. The van der Waals surface area contributed by atoms with Gasteiger partial charge in [0.25, 0.3) is 5.91 Å². The lowest BCUT2D eigenvalue weighted by Gasteiger charge is -2.07. The molecular weight excluding hydrogens is 410 g/mol. The minimum Gasteiger partial charge on any atom is -0.489 e. The number of ether oxygens (including phenoxy) is 1. The van der Waals surface area contributed by atoms with Crippen LogP contribution >= 0.6 is 11.3 Å². The molecule has 8 heteroatoms. The van der Waals surface area contributed by atoms with Crippen molar-refractivity contribution in [2.24, 2.45) is 0 Å². The van der Waals surface area contributed by atoms with Crippen LogP contribution in [0.1, 0.15) is 16.1 Å². The summed E-state index contributed by atoms with van der Waals surface area (Å²) in [5.41, 5.74) is 3.78. The predicted octanol–water partition coefficient (Wildman–Crippen LogP) is 4.68. The normalized spacial score (nSPS) is 10.8. The van der Waals surface area contributed by atoms with Gasteiger partial charge in [-0.15, -0.1) is 11.3 Å². The van der Waals surface area contributed by atoms with Crippen molar-refractivity contribution in [2.75, 3.05) is 5.32 Å². The van der Waals surface area contributed by atoms with E-state index in [2.05, 4.69) is 20.4 Å². The van der Waals surface area contributed by atoms with Gasteiger partial charge in [0.2, 0.25) is 0 Å². The van der Waals surface area contributed by atoms with E-state index >= 15 is 0 Å². The van der Waals surface area contributed by atoms with Gasteiger partial charge in [0.1, 0.15) is 18.1 Å². The standard InChI is InChI=1S/C23H17N5O2S/c29-22(27-23-24-11-13-31-23)20-10-12-28-21(26-20)19(14-25-28)17-6-8-18(9-7-17)30-15-16-4-2-1-3-5-16/h1-14H,15H2,(H,24,27,29). The van der Waals surface area contributed by atoms with Crippen LogP contribution in [0.5, 0.6) is 5.75 Å². The van der Waals surface area contributed by atoms with Gasteiger partial charge in [0.15, 0.2) is 10.8 Å². The first kappa shape index (κ1) is 19.0. The summed E-state index contributed by atoms with van der Waals surface area (Å²) in [5.74, 6) is 0.467. The molecular formula is C23H17N5O2S. The highest BCUT2D eigenvalue weighted by Gasteiger charge is 2.14.